The van der Waals surface area contributed by atoms with Gasteiger partial charge in [-0.05, 0) is 50.2 Å². The van der Waals surface area contributed by atoms with Crippen molar-refractivity contribution in [2.75, 3.05) is 26.7 Å². The van der Waals surface area contributed by atoms with Crippen LogP contribution in [-0.2, 0) is 11.6 Å². The van der Waals surface area contributed by atoms with Crippen LogP contribution in [-0.4, -0.2) is 49.6 Å². The molecule has 4 rings (SSSR count). The molecule has 0 amide bonds. The Kier molecular flexibility index (Phi) is 5.78. The molecule has 1 saturated heterocycles. The Bertz CT molecular complexity index is 730. The van der Waals surface area contributed by atoms with Crippen molar-refractivity contribution in [2.24, 2.45) is 4.99 Å². The molecule has 1 heterocycles. The standard InChI is InChI=1S/C22H31F3N4/c1-26-20(28-18-8-12-29(13-9-18)19-6-7-19)27-15-21(10-3-11-21)16-4-2-5-17(14-16)22(23,24)25/h2,4-5,14,18-19H,3,6-13,15H2,1H3,(H2,26,27,28). The molecule has 4 nitrogen and oxygen atoms in total. The average Bonchev–Trinajstić information content (AvgIpc) is 3.51. The topological polar surface area (TPSA) is 39.7 Å². The SMILES string of the molecule is CN=C(NCC1(c2cccc(C(F)(F)F)c2)CCC1)NC1CCN(C2CC2)CC1. The van der Waals surface area contributed by atoms with Crippen LogP contribution >= 0.6 is 0 Å². The number of hydrogen-bond acceptors (Lipinski definition) is 2. The minimum atomic E-state index is -4.30. The van der Waals surface area contributed by atoms with Gasteiger partial charge in [0.2, 0.25) is 0 Å². The number of hydrogen-bond donors (Lipinski definition) is 2. The number of benzene rings is 1. The van der Waals surface area contributed by atoms with Crippen LogP contribution in [0.2, 0.25) is 0 Å². The van der Waals surface area contributed by atoms with Crippen molar-refractivity contribution in [1.29, 1.82) is 0 Å². The first kappa shape index (κ1) is 20.5. The van der Waals surface area contributed by atoms with Crippen LogP contribution < -0.4 is 10.6 Å². The van der Waals surface area contributed by atoms with Gasteiger partial charge in [0, 0.05) is 44.2 Å². The fourth-order valence-electron chi connectivity index (χ4n) is 4.69. The molecule has 1 aromatic carbocycles. The van der Waals surface area contributed by atoms with Crippen molar-refractivity contribution in [3.05, 3.63) is 35.4 Å². The van der Waals surface area contributed by atoms with Crippen molar-refractivity contribution in [2.45, 2.75) is 68.6 Å². The molecule has 0 bridgehead atoms. The molecule has 2 saturated carbocycles. The van der Waals surface area contributed by atoms with Crippen LogP contribution in [0.15, 0.2) is 29.3 Å². The van der Waals surface area contributed by atoms with E-state index in [2.05, 4.69) is 20.5 Å². The Labute approximate surface area is 171 Å². The molecule has 0 aromatic heterocycles. The Morgan fingerprint density at radius 1 is 1.17 bits per heavy atom. The number of rotatable bonds is 5. The highest BCUT2D eigenvalue weighted by atomic mass is 19.4. The van der Waals surface area contributed by atoms with E-state index in [9.17, 15) is 13.2 Å². The third-order valence-electron chi connectivity index (χ3n) is 6.86. The molecule has 3 fully saturated rings. The Morgan fingerprint density at radius 3 is 2.45 bits per heavy atom. The van der Waals surface area contributed by atoms with Gasteiger partial charge in [-0.2, -0.15) is 13.2 Å². The summed E-state index contributed by atoms with van der Waals surface area (Å²) < 4.78 is 39.4. The van der Waals surface area contributed by atoms with E-state index in [1.165, 1.54) is 25.0 Å². The van der Waals surface area contributed by atoms with Gasteiger partial charge in [-0.25, -0.2) is 0 Å². The van der Waals surface area contributed by atoms with Gasteiger partial charge in [-0.1, -0.05) is 24.6 Å². The maximum Gasteiger partial charge on any atom is 0.416 e. The van der Waals surface area contributed by atoms with Crippen LogP contribution in [0.25, 0.3) is 0 Å². The maximum atomic E-state index is 13.1. The van der Waals surface area contributed by atoms with Crippen molar-refractivity contribution in [3.63, 3.8) is 0 Å². The lowest BCUT2D eigenvalue weighted by molar-refractivity contribution is -0.137. The monoisotopic (exact) mass is 408 g/mol. The lowest BCUT2D eigenvalue weighted by Crippen LogP contribution is -2.52. The first-order chi connectivity index (χ1) is 13.9. The second-order valence-electron chi connectivity index (χ2n) is 8.82. The number of nitrogens with zero attached hydrogens (tertiary/aromatic N) is 2. The molecule has 0 atom stereocenters. The van der Waals surface area contributed by atoms with Gasteiger partial charge in [-0.3, -0.25) is 4.99 Å². The fraction of sp³-hybridized carbons (Fsp3) is 0.682. The van der Waals surface area contributed by atoms with E-state index >= 15 is 0 Å². The van der Waals surface area contributed by atoms with E-state index in [0.29, 0.717) is 12.6 Å². The van der Waals surface area contributed by atoms with Crippen LogP contribution in [0.5, 0.6) is 0 Å². The van der Waals surface area contributed by atoms with Crippen molar-refractivity contribution in [3.8, 4) is 0 Å². The molecule has 0 radical (unpaired) electrons. The minimum absolute atomic E-state index is 0.242. The number of likely N-dealkylation sites (tertiary alicyclic amines) is 1. The Morgan fingerprint density at radius 2 is 1.90 bits per heavy atom. The molecule has 2 N–H and O–H groups in total. The summed E-state index contributed by atoms with van der Waals surface area (Å²) in [5.74, 6) is 0.758. The normalized spacial score (nSPS) is 23.5. The number of halogens is 3. The average molecular weight is 409 g/mol. The predicted octanol–water partition coefficient (Wildman–Crippen LogP) is 3.92. The van der Waals surface area contributed by atoms with E-state index in [-0.39, 0.29) is 5.41 Å². The van der Waals surface area contributed by atoms with E-state index in [0.717, 1.165) is 68.8 Å². The summed E-state index contributed by atoms with van der Waals surface area (Å²) in [7, 11) is 1.76. The summed E-state index contributed by atoms with van der Waals surface area (Å²) >= 11 is 0. The molecule has 7 heteroatoms. The number of alkyl halides is 3. The second-order valence-corrected chi connectivity index (χ2v) is 8.82. The summed E-state index contributed by atoms with van der Waals surface area (Å²) in [4.78, 5) is 6.95. The molecule has 160 valence electrons. The molecule has 29 heavy (non-hydrogen) atoms. The van der Waals surface area contributed by atoms with Crippen LogP contribution in [0.4, 0.5) is 13.2 Å². The van der Waals surface area contributed by atoms with Gasteiger partial charge in [0.25, 0.3) is 0 Å². The van der Waals surface area contributed by atoms with Crippen LogP contribution in [0.3, 0.4) is 0 Å². The van der Waals surface area contributed by atoms with Crippen molar-refractivity contribution < 1.29 is 13.2 Å². The zero-order valence-electron chi connectivity index (χ0n) is 17.1. The smallest absolute Gasteiger partial charge is 0.356 e. The van der Waals surface area contributed by atoms with Gasteiger partial charge in [0.05, 0.1) is 5.56 Å². The van der Waals surface area contributed by atoms with Gasteiger partial charge in [0.1, 0.15) is 0 Å². The highest BCUT2D eigenvalue weighted by molar-refractivity contribution is 5.80. The van der Waals surface area contributed by atoms with Gasteiger partial charge in [0.15, 0.2) is 5.96 Å². The lowest BCUT2D eigenvalue weighted by atomic mass is 9.64. The lowest BCUT2D eigenvalue weighted by Gasteiger charge is -2.43. The highest BCUT2D eigenvalue weighted by Gasteiger charge is 2.40. The quantitative estimate of drug-likeness (QED) is 0.573. The fourth-order valence-corrected chi connectivity index (χ4v) is 4.69. The third-order valence-corrected chi connectivity index (χ3v) is 6.86. The van der Waals surface area contributed by atoms with Crippen molar-refractivity contribution >= 4 is 5.96 Å². The number of piperidine rings is 1. The van der Waals surface area contributed by atoms with Gasteiger partial charge < -0.3 is 15.5 Å². The summed E-state index contributed by atoms with van der Waals surface area (Å²) in [5.41, 5.74) is -0.0284. The van der Waals surface area contributed by atoms with Crippen LogP contribution in [0, 0.1) is 0 Å². The van der Waals surface area contributed by atoms with Crippen molar-refractivity contribution in [1.82, 2.24) is 15.5 Å². The molecular weight excluding hydrogens is 377 g/mol. The van der Waals surface area contributed by atoms with Gasteiger partial charge >= 0.3 is 6.18 Å². The van der Waals surface area contributed by atoms with E-state index in [1.54, 1.807) is 7.05 Å². The molecule has 1 aliphatic heterocycles. The van der Waals surface area contributed by atoms with Gasteiger partial charge in [-0.15, -0.1) is 0 Å². The summed E-state index contributed by atoms with van der Waals surface area (Å²) in [5, 5.41) is 6.93. The molecular formula is C22H31F3N4. The predicted molar refractivity (Wildman–Crippen MR) is 109 cm³/mol. The van der Waals surface area contributed by atoms with E-state index in [1.807, 2.05) is 6.07 Å². The number of guanidine groups is 1. The van der Waals surface area contributed by atoms with Crippen LogP contribution in [0.1, 0.15) is 56.1 Å². The van der Waals surface area contributed by atoms with E-state index < -0.39 is 11.7 Å². The summed E-state index contributed by atoms with van der Waals surface area (Å²) in [6.07, 6.45) is 3.45. The van der Waals surface area contributed by atoms with E-state index in [4.69, 9.17) is 0 Å². The largest absolute Gasteiger partial charge is 0.416 e. The summed E-state index contributed by atoms with van der Waals surface area (Å²) in [6.45, 7) is 2.87. The number of nitrogens with one attached hydrogen (secondary N) is 2. The maximum absolute atomic E-state index is 13.1. The highest BCUT2D eigenvalue weighted by Crippen LogP contribution is 2.44. The minimum Gasteiger partial charge on any atom is -0.356 e. The Balaban J connectivity index is 1.35. The number of aliphatic imine (C=N–C) groups is 1. The molecule has 1 aromatic rings. The first-order valence-corrected chi connectivity index (χ1v) is 10.8. The molecule has 3 aliphatic rings. The second kappa shape index (κ2) is 8.17. The molecule has 0 unspecified atom stereocenters. The molecule has 0 spiro atoms. The zero-order chi connectivity index (χ0) is 20.5. The summed E-state index contributed by atoms with van der Waals surface area (Å²) in [6, 6.07) is 7.06. The Hall–Kier alpha value is -1.76. The third kappa shape index (κ3) is 4.71. The zero-order valence-corrected chi connectivity index (χ0v) is 17.1. The first-order valence-electron chi connectivity index (χ1n) is 10.8. The molecule has 2 aliphatic carbocycles.